The summed E-state index contributed by atoms with van der Waals surface area (Å²) in [6.45, 7) is 4.08. The number of aromatic nitrogens is 6. The molecule has 0 aliphatic carbocycles. The van der Waals surface area contributed by atoms with E-state index in [0.717, 1.165) is 44.8 Å². The van der Waals surface area contributed by atoms with E-state index in [0.29, 0.717) is 0 Å². The van der Waals surface area contributed by atoms with Crippen LogP contribution in [0, 0.1) is 13.8 Å². The summed E-state index contributed by atoms with van der Waals surface area (Å²) in [5.41, 5.74) is 9.36. The molecule has 6 aromatic heterocycles. The topological polar surface area (TPSA) is 77.3 Å². The summed E-state index contributed by atoms with van der Waals surface area (Å²) < 4.78 is 0. The number of pyridine rings is 6. The van der Waals surface area contributed by atoms with E-state index < -0.39 is 0 Å². The molecule has 6 heteroatoms. The van der Waals surface area contributed by atoms with E-state index in [2.05, 4.69) is 49.0 Å². The molecule has 0 N–H and O–H groups in total. The Hall–Kier alpha value is -5.62. The summed E-state index contributed by atoms with van der Waals surface area (Å²) in [6, 6.07) is 33.9. The number of para-hydroxylation sites is 1. The van der Waals surface area contributed by atoms with Gasteiger partial charge in [-0.1, -0.05) is 36.4 Å². The number of rotatable bonds is 3. The third kappa shape index (κ3) is 7.73. The zero-order chi connectivity index (χ0) is 29.0. The van der Waals surface area contributed by atoms with Crippen LogP contribution in [0.3, 0.4) is 0 Å². The smallest absolute Gasteiger partial charge is 0.0888 e. The summed E-state index contributed by atoms with van der Waals surface area (Å²) in [6.07, 6.45) is 12.7. The van der Waals surface area contributed by atoms with Crippen LogP contribution in [0.1, 0.15) is 11.1 Å². The van der Waals surface area contributed by atoms with Gasteiger partial charge in [0.05, 0.1) is 28.3 Å². The lowest BCUT2D eigenvalue weighted by molar-refractivity contribution is 1.21. The average Bonchev–Trinajstić information content (AvgIpc) is 3.07. The minimum atomic E-state index is 0.930. The maximum atomic E-state index is 4.42. The van der Waals surface area contributed by atoms with Crippen LogP contribution in [0.4, 0.5) is 0 Å². The van der Waals surface area contributed by atoms with E-state index in [-0.39, 0.29) is 0 Å². The summed E-state index contributed by atoms with van der Waals surface area (Å²) in [4.78, 5) is 25.5. The van der Waals surface area contributed by atoms with Crippen molar-refractivity contribution in [3.05, 3.63) is 158 Å². The lowest BCUT2D eigenvalue weighted by atomic mass is 10.1. The quantitative estimate of drug-likeness (QED) is 0.222. The largest absolute Gasteiger partial charge is 0.265 e. The van der Waals surface area contributed by atoms with Gasteiger partial charge in [-0.3, -0.25) is 29.9 Å². The Balaban J connectivity index is 0.000000127. The molecule has 0 saturated heterocycles. The van der Waals surface area contributed by atoms with Crippen molar-refractivity contribution in [2.24, 2.45) is 0 Å². The minimum Gasteiger partial charge on any atom is -0.265 e. The molecule has 0 atom stereocenters. The van der Waals surface area contributed by atoms with Crippen LogP contribution in [0.15, 0.2) is 147 Å². The van der Waals surface area contributed by atoms with Gasteiger partial charge in [0.2, 0.25) is 0 Å². The molecule has 0 bridgehead atoms. The van der Waals surface area contributed by atoms with Gasteiger partial charge < -0.3 is 0 Å². The summed E-state index contributed by atoms with van der Waals surface area (Å²) >= 11 is 0. The van der Waals surface area contributed by atoms with E-state index in [4.69, 9.17) is 0 Å². The standard InChI is InChI=1S/C14H10N2.C12H12N2.C10H8N2/c1-2-6-13-11(5-1)9-12(10-16-13)14-7-3-4-8-15-14;1-9-5-6-13-12(7-9)11-4-3-10(2)8-14-11;1-2-6-12-10(3-1)9-4-7-11-8-5-9/h1-10H;3-8H,1-2H3;1-8H. The van der Waals surface area contributed by atoms with Crippen LogP contribution in [-0.2, 0) is 0 Å². The van der Waals surface area contributed by atoms with Gasteiger partial charge in [-0.2, -0.15) is 0 Å². The van der Waals surface area contributed by atoms with E-state index >= 15 is 0 Å². The first-order chi connectivity index (χ1) is 20.7. The molecule has 0 amide bonds. The van der Waals surface area contributed by atoms with Crippen LogP contribution in [0.2, 0.25) is 0 Å². The van der Waals surface area contributed by atoms with Crippen molar-refractivity contribution < 1.29 is 0 Å². The Bertz CT molecular complexity index is 1790. The zero-order valence-electron chi connectivity index (χ0n) is 23.5. The lowest BCUT2D eigenvalue weighted by Crippen LogP contribution is -1.87. The van der Waals surface area contributed by atoms with Gasteiger partial charge in [0, 0.05) is 59.9 Å². The van der Waals surface area contributed by atoms with Crippen LogP contribution in [0.25, 0.3) is 44.8 Å². The maximum Gasteiger partial charge on any atom is 0.0888 e. The first-order valence-electron chi connectivity index (χ1n) is 13.6. The highest BCUT2D eigenvalue weighted by Crippen LogP contribution is 2.20. The van der Waals surface area contributed by atoms with Crippen molar-refractivity contribution in [2.75, 3.05) is 0 Å². The lowest BCUT2D eigenvalue weighted by Gasteiger charge is -2.01. The first kappa shape index (κ1) is 27.9. The third-order valence-corrected chi connectivity index (χ3v) is 6.28. The molecule has 0 radical (unpaired) electrons. The van der Waals surface area contributed by atoms with Gasteiger partial charge in [0.1, 0.15) is 0 Å². The second kappa shape index (κ2) is 14.1. The van der Waals surface area contributed by atoms with E-state index in [1.54, 1.807) is 24.8 Å². The molecule has 204 valence electrons. The Kier molecular flexibility index (Phi) is 9.40. The van der Waals surface area contributed by atoms with Gasteiger partial charge in [-0.25, -0.2) is 0 Å². The summed E-state index contributed by atoms with van der Waals surface area (Å²) in [5, 5.41) is 1.14. The van der Waals surface area contributed by atoms with Gasteiger partial charge in [0.15, 0.2) is 0 Å². The number of hydrogen-bond donors (Lipinski definition) is 0. The molecule has 0 aliphatic heterocycles. The normalized spacial score (nSPS) is 10.1. The molecule has 0 saturated carbocycles. The van der Waals surface area contributed by atoms with Crippen molar-refractivity contribution in [3.63, 3.8) is 0 Å². The molecule has 0 spiro atoms. The first-order valence-corrected chi connectivity index (χ1v) is 13.6. The average molecular weight is 547 g/mol. The highest BCUT2D eigenvalue weighted by Gasteiger charge is 2.01. The second-order valence-corrected chi connectivity index (χ2v) is 9.52. The molecule has 7 rings (SSSR count). The monoisotopic (exact) mass is 546 g/mol. The highest BCUT2D eigenvalue weighted by atomic mass is 14.8. The van der Waals surface area contributed by atoms with Crippen molar-refractivity contribution in [2.45, 2.75) is 13.8 Å². The van der Waals surface area contributed by atoms with E-state index in [1.807, 2.05) is 117 Å². The Morgan fingerprint density at radius 1 is 0.405 bits per heavy atom. The molecule has 6 nitrogen and oxygen atoms in total. The fraction of sp³-hybridized carbons (Fsp3) is 0.0556. The third-order valence-electron chi connectivity index (χ3n) is 6.28. The Morgan fingerprint density at radius 3 is 1.76 bits per heavy atom. The van der Waals surface area contributed by atoms with Crippen LogP contribution in [0.5, 0.6) is 0 Å². The second-order valence-electron chi connectivity index (χ2n) is 9.52. The minimum absolute atomic E-state index is 0.930. The van der Waals surface area contributed by atoms with Crippen LogP contribution in [-0.4, -0.2) is 29.9 Å². The van der Waals surface area contributed by atoms with Crippen molar-refractivity contribution in [3.8, 4) is 33.9 Å². The fourth-order valence-corrected chi connectivity index (χ4v) is 4.10. The Morgan fingerprint density at radius 2 is 1.10 bits per heavy atom. The van der Waals surface area contributed by atoms with Crippen LogP contribution < -0.4 is 0 Å². The van der Waals surface area contributed by atoms with Gasteiger partial charge in [-0.15, -0.1) is 0 Å². The molecule has 42 heavy (non-hydrogen) atoms. The van der Waals surface area contributed by atoms with Crippen LogP contribution >= 0.6 is 0 Å². The number of benzene rings is 1. The molecule has 1 aromatic carbocycles. The molecule has 0 unspecified atom stereocenters. The van der Waals surface area contributed by atoms with E-state index in [9.17, 15) is 0 Å². The molecule has 7 aromatic rings. The predicted molar refractivity (Wildman–Crippen MR) is 169 cm³/mol. The summed E-state index contributed by atoms with van der Waals surface area (Å²) in [7, 11) is 0. The SMILES string of the molecule is Cc1ccc(-c2cc(C)ccn2)nc1.c1ccc(-c2ccncc2)nc1.c1ccc(-c2cnc3ccccc3c2)nc1. The number of aryl methyl sites for hydroxylation is 2. The van der Waals surface area contributed by atoms with Gasteiger partial charge in [-0.05, 0) is 91.7 Å². The molecule has 6 heterocycles. The van der Waals surface area contributed by atoms with Crippen molar-refractivity contribution >= 4 is 10.9 Å². The molecule has 0 aliphatic rings. The fourth-order valence-electron chi connectivity index (χ4n) is 4.10. The summed E-state index contributed by atoms with van der Waals surface area (Å²) in [5.74, 6) is 0. The molecule has 0 fully saturated rings. The molecular formula is C36H30N6. The molecular weight excluding hydrogens is 516 g/mol. The number of nitrogens with zero attached hydrogens (tertiary/aromatic N) is 6. The van der Waals surface area contributed by atoms with E-state index in [1.165, 1.54) is 11.1 Å². The zero-order valence-corrected chi connectivity index (χ0v) is 23.5. The van der Waals surface area contributed by atoms with Gasteiger partial charge in [0.25, 0.3) is 0 Å². The number of hydrogen-bond acceptors (Lipinski definition) is 6. The highest BCUT2D eigenvalue weighted by molar-refractivity contribution is 5.82. The number of fused-ring (bicyclic) bond motifs is 1. The van der Waals surface area contributed by atoms with Crippen molar-refractivity contribution in [1.82, 2.24) is 29.9 Å². The Labute approximate surface area is 245 Å². The van der Waals surface area contributed by atoms with Crippen molar-refractivity contribution in [1.29, 1.82) is 0 Å². The predicted octanol–water partition coefficient (Wildman–Crippen LogP) is 8.20. The van der Waals surface area contributed by atoms with Gasteiger partial charge >= 0.3 is 0 Å². The maximum absolute atomic E-state index is 4.42.